The van der Waals surface area contributed by atoms with Gasteiger partial charge in [-0.1, -0.05) is 36.4 Å². The number of amides is 2. The van der Waals surface area contributed by atoms with Gasteiger partial charge in [0.15, 0.2) is 0 Å². The van der Waals surface area contributed by atoms with E-state index in [1.54, 1.807) is 6.20 Å². The molecule has 32 heavy (non-hydrogen) atoms. The number of carbonyl (C=O) groups excluding carboxylic acids is 2. The lowest BCUT2D eigenvalue weighted by Gasteiger charge is -2.32. The van der Waals surface area contributed by atoms with Gasteiger partial charge in [-0.2, -0.15) is 0 Å². The van der Waals surface area contributed by atoms with E-state index >= 15 is 0 Å². The van der Waals surface area contributed by atoms with E-state index in [0.717, 1.165) is 40.2 Å². The second kappa shape index (κ2) is 8.51. The number of fused-ring (bicyclic) bond motifs is 2. The fraction of sp³-hybridized carbons (Fsp3) is 0.280. The SMILES string of the molecule is N[C@@H](Cc1c[nH]c2ccccc12)C(=O)NC1CCN(C(=O)c2c[nH]c3ccccc23)CC1. The van der Waals surface area contributed by atoms with Crippen LogP contribution in [0.1, 0.15) is 28.8 Å². The molecule has 0 bridgehead atoms. The minimum atomic E-state index is -0.611. The van der Waals surface area contributed by atoms with Crippen LogP contribution in [-0.4, -0.2) is 51.9 Å². The van der Waals surface area contributed by atoms with Crippen LogP contribution in [0.3, 0.4) is 0 Å². The summed E-state index contributed by atoms with van der Waals surface area (Å²) >= 11 is 0. The first-order chi connectivity index (χ1) is 15.6. The fourth-order valence-electron chi connectivity index (χ4n) is 4.58. The Kier molecular flexibility index (Phi) is 5.41. The zero-order valence-corrected chi connectivity index (χ0v) is 17.8. The molecular weight excluding hydrogens is 402 g/mol. The van der Waals surface area contributed by atoms with Gasteiger partial charge in [0, 0.05) is 53.3 Å². The molecule has 2 amide bonds. The quantitative estimate of drug-likeness (QED) is 0.392. The van der Waals surface area contributed by atoms with Gasteiger partial charge in [-0.15, -0.1) is 0 Å². The summed E-state index contributed by atoms with van der Waals surface area (Å²) in [6.45, 7) is 1.22. The number of rotatable bonds is 5. The Labute approximate surface area is 186 Å². The maximum Gasteiger partial charge on any atom is 0.256 e. The van der Waals surface area contributed by atoms with E-state index in [1.807, 2.05) is 59.6 Å². The normalized spacial score (nSPS) is 15.8. The molecule has 5 rings (SSSR count). The van der Waals surface area contributed by atoms with Gasteiger partial charge in [0.05, 0.1) is 11.6 Å². The molecule has 5 N–H and O–H groups in total. The number of carbonyl (C=O) groups is 2. The second-order valence-corrected chi connectivity index (χ2v) is 8.49. The molecular formula is C25H27N5O2. The lowest BCUT2D eigenvalue weighted by Crippen LogP contribution is -2.51. The number of H-pyrrole nitrogens is 2. The number of aromatic amines is 2. The topological polar surface area (TPSA) is 107 Å². The maximum atomic E-state index is 13.0. The molecule has 2 aromatic heterocycles. The number of aromatic nitrogens is 2. The van der Waals surface area contributed by atoms with Crippen molar-refractivity contribution in [2.24, 2.45) is 5.73 Å². The van der Waals surface area contributed by atoms with E-state index in [4.69, 9.17) is 5.73 Å². The van der Waals surface area contributed by atoms with Gasteiger partial charge in [-0.25, -0.2) is 0 Å². The van der Waals surface area contributed by atoms with Crippen LogP contribution in [0, 0.1) is 0 Å². The number of para-hydroxylation sites is 2. The number of likely N-dealkylation sites (tertiary alicyclic amines) is 1. The average Bonchev–Trinajstić information content (AvgIpc) is 3.43. The van der Waals surface area contributed by atoms with Gasteiger partial charge in [0.2, 0.25) is 5.91 Å². The summed E-state index contributed by atoms with van der Waals surface area (Å²) in [5.41, 5.74) is 9.96. The highest BCUT2D eigenvalue weighted by Crippen LogP contribution is 2.22. The molecule has 0 unspecified atom stereocenters. The van der Waals surface area contributed by atoms with Crippen molar-refractivity contribution in [3.63, 3.8) is 0 Å². The van der Waals surface area contributed by atoms with E-state index < -0.39 is 6.04 Å². The summed E-state index contributed by atoms with van der Waals surface area (Å²) in [6, 6.07) is 15.2. The Balaban J connectivity index is 1.16. The van der Waals surface area contributed by atoms with Gasteiger partial charge < -0.3 is 25.9 Å². The van der Waals surface area contributed by atoms with Crippen LogP contribution < -0.4 is 11.1 Å². The molecule has 1 aliphatic rings. The molecule has 7 nitrogen and oxygen atoms in total. The largest absolute Gasteiger partial charge is 0.361 e. The van der Waals surface area contributed by atoms with Crippen LogP contribution in [0.4, 0.5) is 0 Å². The summed E-state index contributed by atoms with van der Waals surface area (Å²) in [5.74, 6) is -0.111. The molecule has 164 valence electrons. The van der Waals surface area contributed by atoms with Crippen LogP contribution in [-0.2, 0) is 11.2 Å². The standard InChI is InChI=1S/C25H27N5O2/c26-21(13-16-14-27-22-7-3-1-5-18(16)22)24(31)29-17-9-11-30(12-10-17)25(32)20-15-28-23-8-4-2-6-19(20)23/h1-8,14-15,17,21,27-28H,9-13,26H2,(H,29,31)/t21-/m0/s1. The third-order valence-corrected chi connectivity index (χ3v) is 6.40. The fourth-order valence-corrected chi connectivity index (χ4v) is 4.58. The number of nitrogens with two attached hydrogens (primary N) is 1. The van der Waals surface area contributed by atoms with Gasteiger partial charge in [-0.05, 0) is 37.0 Å². The lowest BCUT2D eigenvalue weighted by atomic mass is 10.0. The van der Waals surface area contributed by atoms with Crippen LogP contribution in [0.5, 0.6) is 0 Å². The Morgan fingerprint density at radius 2 is 1.59 bits per heavy atom. The molecule has 1 aliphatic heterocycles. The first-order valence-corrected chi connectivity index (χ1v) is 11.1. The van der Waals surface area contributed by atoms with E-state index in [1.165, 1.54) is 0 Å². The van der Waals surface area contributed by atoms with E-state index in [2.05, 4.69) is 15.3 Å². The van der Waals surface area contributed by atoms with E-state index in [0.29, 0.717) is 25.1 Å². The van der Waals surface area contributed by atoms with Crippen molar-refractivity contribution >= 4 is 33.6 Å². The third-order valence-electron chi connectivity index (χ3n) is 6.40. The van der Waals surface area contributed by atoms with Crippen molar-refractivity contribution in [3.05, 3.63) is 72.1 Å². The highest BCUT2D eigenvalue weighted by Gasteiger charge is 2.27. The number of nitrogens with one attached hydrogen (secondary N) is 3. The van der Waals surface area contributed by atoms with Crippen molar-refractivity contribution in [2.75, 3.05) is 13.1 Å². The van der Waals surface area contributed by atoms with Gasteiger partial charge in [-0.3, -0.25) is 9.59 Å². The van der Waals surface area contributed by atoms with Crippen LogP contribution in [0.2, 0.25) is 0 Å². The molecule has 0 radical (unpaired) electrons. The zero-order chi connectivity index (χ0) is 22.1. The summed E-state index contributed by atoms with van der Waals surface area (Å²) < 4.78 is 0. The molecule has 1 saturated heterocycles. The Hall–Kier alpha value is -3.58. The van der Waals surface area contributed by atoms with Crippen molar-refractivity contribution in [1.82, 2.24) is 20.2 Å². The number of nitrogens with zero attached hydrogens (tertiary/aromatic N) is 1. The molecule has 4 aromatic rings. The predicted octanol–water partition coefficient (Wildman–Crippen LogP) is 2.94. The van der Waals surface area contributed by atoms with Crippen LogP contribution in [0.15, 0.2) is 60.9 Å². The monoisotopic (exact) mass is 429 g/mol. The number of piperidine rings is 1. The molecule has 0 saturated carbocycles. The van der Waals surface area contributed by atoms with E-state index in [-0.39, 0.29) is 17.9 Å². The molecule has 2 aromatic carbocycles. The summed E-state index contributed by atoms with van der Waals surface area (Å²) in [6.07, 6.45) is 5.63. The molecule has 1 fully saturated rings. The summed E-state index contributed by atoms with van der Waals surface area (Å²) in [7, 11) is 0. The van der Waals surface area contributed by atoms with Crippen LogP contribution in [0.25, 0.3) is 21.8 Å². The van der Waals surface area contributed by atoms with Crippen molar-refractivity contribution < 1.29 is 9.59 Å². The first-order valence-electron chi connectivity index (χ1n) is 11.1. The summed E-state index contributed by atoms with van der Waals surface area (Å²) in [5, 5.41) is 5.12. The highest BCUT2D eigenvalue weighted by atomic mass is 16.2. The highest BCUT2D eigenvalue weighted by molar-refractivity contribution is 6.06. The number of hydrogen-bond acceptors (Lipinski definition) is 3. The summed E-state index contributed by atoms with van der Waals surface area (Å²) in [4.78, 5) is 33.9. The Bertz CT molecular complexity index is 1270. The minimum absolute atomic E-state index is 0.0308. The molecule has 1 atom stereocenters. The molecule has 3 heterocycles. The van der Waals surface area contributed by atoms with Crippen molar-refractivity contribution in [3.8, 4) is 0 Å². The minimum Gasteiger partial charge on any atom is -0.361 e. The maximum absolute atomic E-state index is 13.0. The molecule has 7 heteroatoms. The molecule has 0 spiro atoms. The number of hydrogen-bond donors (Lipinski definition) is 4. The Morgan fingerprint density at radius 1 is 0.969 bits per heavy atom. The van der Waals surface area contributed by atoms with E-state index in [9.17, 15) is 9.59 Å². The third kappa shape index (κ3) is 3.87. The van der Waals surface area contributed by atoms with Gasteiger partial charge >= 0.3 is 0 Å². The lowest BCUT2D eigenvalue weighted by molar-refractivity contribution is -0.123. The Morgan fingerprint density at radius 3 is 2.34 bits per heavy atom. The van der Waals surface area contributed by atoms with Gasteiger partial charge in [0.1, 0.15) is 0 Å². The van der Waals surface area contributed by atoms with Gasteiger partial charge in [0.25, 0.3) is 5.91 Å². The second-order valence-electron chi connectivity index (χ2n) is 8.49. The first kappa shape index (κ1) is 20.3. The zero-order valence-electron chi connectivity index (χ0n) is 17.8. The predicted molar refractivity (Wildman–Crippen MR) is 125 cm³/mol. The smallest absolute Gasteiger partial charge is 0.256 e. The average molecular weight is 430 g/mol. The number of benzene rings is 2. The van der Waals surface area contributed by atoms with Crippen molar-refractivity contribution in [2.45, 2.75) is 31.3 Å². The van der Waals surface area contributed by atoms with Crippen LogP contribution >= 0.6 is 0 Å². The van der Waals surface area contributed by atoms with Crippen molar-refractivity contribution in [1.29, 1.82) is 0 Å². The molecule has 0 aliphatic carbocycles.